The highest BCUT2D eigenvalue weighted by Gasteiger charge is 2.23. The second kappa shape index (κ2) is 7.09. The first-order valence-corrected chi connectivity index (χ1v) is 9.02. The zero-order valence-corrected chi connectivity index (χ0v) is 13.4. The number of hydrogen-bond donors (Lipinski definition) is 2. The van der Waals surface area contributed by atoms with Crippen LogP contribution in [0.2, 0.25) is 0 Å². The molecular formula is C12H23N3O2S2. The van der Waals surface area contributed by atoms with Crippen LogP contribution in [0, 0.1) is 5.92 Å². The Balaban J connectivity index is 2.61. The monoisotopic (exact) mass is 305 g/mol. The molecule has 0 saturated carbocycles. The topological polar surface area (TPSA) is 85.1 Å². The van der Waals surface area contributed by atoms with Gasteiger partial charge in [-0.25, -0.2) is 8.42 Å². The van der Waals surface area contributed by atoms with E-state index in [1.54, 1.807) is 6.92 Å². The third kappa shape index (κ3) is 4.65. The predicted octanol–water partition coefficient (Wildman–Crippen LogP) is 2.76. The highest BCUT2D eigenvalue weighted by atomic mass is 32.2. The van der Waals surface area contributed by atoms with Gasteiger partial charge in [-0.05, 0) is 23.9 Å². The van der Waals surface area contributed by atoms with E-state index >= 15 is 0 Å². The molecule has 5 nitrogen and oxygen atoms in total. The molecule has 0 atom stereocenters. The summed E-state index contributed by atoms with van der Waals surface area (Å²) in [6.45, 7) is 6.76. The summed E-state index contributed by atoms with van der Waals surface area (Å²) in [4.78, 5) is 0.170. The van der Waals surface area contributed by atoms with E-state index in [1.165, 1.54) is 6.42 Å². The van der Waals surface area contributed by atoms with Crippen molar-refractivity contribution in [1.82, 2.24) is 4.37 Å². The molecule has 7 heteroatoms. The highest BCUT2D eigenvalue weighted by Crippen LogP contribution is 2.32. The van der Waals surface area contributed by atoms with Crippen LogP contribution in [0.1, 0.15) is 40.0 Å². The van der Waals surface area contributed by atoms with Gasteiger partial charge in [0.1, 0.15) is 9.90 Å². The molecule has 3 N–H and O–H groups in total. The Labute approximate surface area is 119 Å². The molecule has 19 heavy (non-hydrogen) atoms. The molecule has 0 saturated heterocycles. The van der Waals surface area contributed by atoms with E-state index in [0.717, 1.165) is 30.9 Å². The van der Waals surface area contributed by atoms with Gasteiger partial charge in [-0.2, -0.15) is 4.37 Å². The van der Waals surface area contributed by atoms with E-state index in [0.29, 0.717) is 10.9 Å². The lowest BCUT2D eigenvalue weighted by Crippen LogP contribution is -2.10. The van der Waals surface area contributed by atoms with Crippen LogP contribution >= 0.6 is 11.5 Å². The Morgan fingerprint density at radius 1 is 1.37 bits per heavy atom. The maximum atomic E-state index is 11.9. The summed E-state index contributed by atoms with van der Waals surface area (Å²) < 4.78 is 27.8. The van der Waals surface area contributed by atoms with Crippen molar-refractivity contribution in [3.8, 4) is 0 Å². The number of hydrogen-bond acceptors (Lipinski definition) is 6. The summed E-state index contributed by atoms with van der Waals surface area (Å²) in [5.74, 6) is 0.851. The molecule has 0 aliphatic carbocycles. The van der Waals surface area contributed by atoms with E-state index in [1.807, 2.05) is 0 Å². The molecule has 1 rings (SSSR count). The zero-order chi connectivity index (χ0) is 14.5. The van der Waals surface area contributed by atoms with Crippen molar-refractivity contribution in [2.24, 2.45) is 5.92 Å². The number of nitrogens with one attached hydrogen (secondary N) is 1. The lowest BCUT2D eigenvalue weighted by Gasteiger charge is -2.08. The minimum Gasteiger partial charge on any atom is -0.382 e. The average Bonchev–Trinajstić information content (AvgIpc) is 2.70. The molecule has 1 aromatic heterocycles. The van der Waals surface area contributed by atoms with Crippen molar-refractivity contribution in [3.05, 3.63) is 0 Å². The van der Waals surface area contributed by atoms with E-state index in [-0.39, 0.29) is 16.5 Å². The standard InChI is InChI=1S/C12H23N3O2S2/c1-4-19(16,17)10-11(13)15-18-12(10)14-8-6-5-7-9(2)3/h9,14H,4-8H2,1-3H3,(H2,13,15). The smallest absolute Gasteiger partial charge is 0.184 e. The number of aromatic nitrogens is 1. The van der Waals surface area contributed by atoms with Crippen molar-refractivity contribution < 1.29 is 8.42 Å². The molecule has 0 radical (unpaired) electrons. The Morgan fingerprint density at radius 2 is 2.05 bits per heavy atom. The summed E-state index contributed by atoms with van der Waals surface area (Å²) >= 11 is 1.12. The van der Waals surface area contributed by atoms with Crippen LogP contribution < -0.4 is 11.1 Å². The first kappa shape index (κ1) is 16.2. The SMILES string of the molecule is CCS(=O)(=O)c1c(N)nsc1NCCCCC(C)C. The molecule has 0 unspecified atom stereocenters. The van der Waals surface area contributed by atoms with Crippen molar-refractivity contribution >= 4 is 32.2 Å². The molecule has 0 bridgehead atoms. The second-order valence-electron chi connectivity index (χ2n) is 4.95. The molecule has 0 amide bonds. The molecule has 0 aromatic carbocycles. The zero-order valence-electron chi connectivity index (χ0n) is 11.8. The Kier molecular flexibility index (Phi) is 6.06. The molecule has 1 aromatic rings. The van der Waals surface area contributed by atoms with Gasteiger partial charge in [-0.1, -0.05) is 33.6 Å². The van der Waals surface area contributed by atoms with Crippen LogP contribution in [-0.2, 0) is 9.84 Å². The van der Waals surface area contributed by atoms with Crippen molar-refractivity contribution in [3.63, 3.8) is 0 Å². The van der Waals surface area contributed by atoms with E-state index in [9.17, 15) is 8.42 Å². The van der Waals surface area contributed by atoms with Gasteiger partial charge >= 0.3 is 0 Å². The molecule has 110 valence electrons. The average molecular weight is 305 g/mol. The van der Waals surface area contributed by atoms with Crippen molar-refractivity contribution in [1.29, 1.82) is 0 Å². The number of nitrogens with two attached hydrogens (primary N) is 1. The Hall–Kier alpha value is -0.820. The minimum atomic E-state index is -3.31. The largest absolute Gasteiger partial charge is 0.382 e. The normalized spacial score (nSPS) is 12.0. The second-order valence-corrected chi connectivity index (χ2v) is 7.93. The van der Waals surface area contributed by atoms with Crippen LogP contribution in [-0.4, -0.2) is 25.1 Å². The molecule has 0 aliphatic heterocycles. The third-order valence-electron chi connectivity index (χ3n) is 2.86. The minimum absolute atomic E-state index is 0.0393. The first-order chi connectivity index (χ1) is 8.88. The number of rotatable bonds is 8. The summed E-state index contributed by atoms with van der Waals surface area (Å²) in [6.07, 6.45) is 3.34. The van der Waals surface area contributed by atoms with Crippen LogP contribution in [0.4, 0.5) is 10.8 Å². The van der Waals surface area contributed by atoms with Crippen LogP contribution in [0.15, 0.2) is 4.90 Å². The molecule has 0 aliphatic rings. The van der Waals surface area contributed by atoms with Crippen LogP contribution in [0.5, 0.6) is 0 Å². The Bertz CT molecular complexity index is 495. The molecule has 0 fully saturated rings. The lowest BCUT2D eigenvalue weighted by atomic mass is 10.1. The highest BCUT2D eigenvalue weighted by molar-refractivity contribution is 7.91. The summed E-state index contributed by atoms with van der Waals surface area (Å²) in [5, 5.41) is 3.72. The maximum absolute atomic E-state index is 11.9. The van der Waals surface area contributed by atoms with Crippen molar-refractivity contribution in [2.45, 2.75) is 44.9 Å². The maximum Gasteiger partial charge on any atom is 0.184 e. The van der Waals surface area contributed by atoms with Crippen LogP contribution in [0.25, 0.3) is 0 Å². The molecular weight excluding hydrogens is 282 g/mol. The van der Waals surface area contributed by atoms with Gasteiger partial charge in [0.2, 0.25) is 0 Å². The predicted molar refractivity (Wildman–Crippen MR) is 81.4 cm³/mol. The van der Waals surface area contributed by atoms with Gasteiger partial charge in [0, 0.05) is 6.54 Å². The van der Waals surface area contributed by atoms with E-state index in [4.69, 9.17) is 5.73 Å². The number of nitrogen functional groups attached to an aromatic ring is 1. The molecule has 1 heterocycles. The fourth-order valence-electron chi connectivity index (χ4n) is 1.73. The Morgan fingerprint density at radius 3 is 2.63 bits per heavy atom. The molecule has 0 spiro atoms. The van der Waals surface area contributed by atoms with Gasteiger partial charge in [0.15, 0.2) is 15.7 Å². The number of nitrogens with zero attached hydrogens (tertiary/aromatic N) is 1. The van der Waals surface area contributed by atoms with Gasteiger partial charge in [-0.3, -0.25) is 0 Å². The summed E-state index contributed by atoms with van der Waals surface area (Å²) in [6, 6.07) is 0. The lowest BCUT2D eigenvalue weighted by molar-refractivity contribution is 0.545. The fraction of sp³-hybridized carbons (Fsp3) is 0.750. The van der Waals surface area contributed by atoms with E-state index in [2.05, 4.69) is 23.5 Å². The van der Waals surface area contributed by atoms with E-state index < -0.39 is 9.84 Å². The summed E-state index contributed by atoms with van der Waals surface area (Å²) in [5.41, 5.74) is 5.65. The van der Waals surface area contributed by atoms with Crippen LogP contribution in [0.3, 0.4) is 0 Å². The number of sulfone groups is 1. The quantitative estimate of drug-likeness (QED) is 0.721. The van der Waals surface area contributed by atoms with Gasteiger partial charge in [0.05, 0.1) is 5.75 Å². The van der Waals surface area contributed by atoms with Gasteiger partial charge in [-0.15, -0.1) is 0 Å². The summed E-state index contributed by atoms with van der Waals surface area (Å²) in [7, 11) is -3.31. The van der Waals surface area contributed by atoms with Gasteiger partial charge < -0.3 is 11.1 Å². The fourth-order valence-corrected chi connectivity index (χ4v) is 3.92. The first-order valence-electron chi connectivity index (χ1n) is 6.60. The number of unbranched alkanes of at least 4 members (excludes halogenated alkanes) is 1. The number of anilines is 2. The van der Waals surface area contributed by atoms with Crippen molar-refractivity contribution in [2.75, 3.05) is 23.3 Å². The third-order valence-corrected chi connectivity index (χ3v) is 5.60. The van der Waals surface area contributed by atoms with Gasteiger partial charge in [0.25, 0.3) is 0 Å².